The van der Waals surface area contributed by atoms with Crippen LogP contribution in [0, 0.1) is 5.92 Å². The molecule has 0 bridgehead atoms. The molecule has 0 rings (SSSR count). The zero-order chi connectivity index (χ0) is 10.3. The molecule has 1 N–H and O–H groups in total. The molecule has 0 aliphatic carbocycles. The largest absolute Gasteiger partial charge is 0.382 e. The zero-order valence-corrected chi connectivity index (χ0v) is 9.76. The van der Waals surface area contributed by atoms with Crippen molar-refractivity contribution >= 4 is 0 Å². The van der Waals surface area contributed by atoms with Crippen molar-refractivity contribution in [3.63, 3.8) is 0 Å². The lowest BCUT2D eigenvalue weighted by atomic mass is 9.98. The minimum atomic E-state index is 0.389. The first-order valence-electron chi connectivity index (χ1n) is 5.38. The highest BCUT2D eigenvalue weighted by Crippen LogP contribution is 2.11. The van der Waals surface area contributed by atoms with Crippen molar-refractivity contribution in [2.24, 2.45) is 5.92 Å². The van der Waals surface area contributed by atoms with Crippen molar-refractivity contribution in [3.8, 4) is 0 Å². The summed E-state index contributed by atoms with van der Waals surface area (Å²) in [6, 6.07) is 0.641. The van der Waals surface area contributed by atoms with E-state index in [1.54, 1.807) is 7.11 Å². The van der Waals surface area contributed by atoms with Crippen molar-refractivity contribution in [3.05, 3.63) is 0 Å². The Bertz CT molecular complexity index is 115. The second-order valence-corrected chi connectivity index (χ2v) is 4.03. The molecule has 0 aromatic heterocycles. The molecule has 0 spiro atoms. The Morgan fingerprint density at radius 3 is 2.15 bits per heavy atom. The lowest BCUT2D eigenvalue weighted by molar-refractivity contribution is 0.104. The number of nitrogens with one attached hydrogen (secondary N) is 1. The van der Waals surface area contributed by atoms with E-state index in [1.807, 2.05) is 0 Å². The van der Waals surface area contributed by atoms with E-state index in [9.17, 15) is 0 Å². The fourth-order valence-corrected chi connectivity index (χ4v) is 1.47. The topological polar surface area (TPSA) is 21.3 Å². The molecule has 2 atom stereocenters. The second-order valence-electron chi connectivity index (χ2n) is 4.03. The van der Waals surface area contributed by atoms with Crippen LogP contribution in [0.2, 0.25) is 0 Å². The summed E-state index contributed by atoms with van der Waals surface area (Å²) in [6.07, 6.45) is 2.74. The molecule has 0 aromatic carbocycles. The summed E-state index contributed by atoms with van der Waals surface area (Å²) in [5.41, 5.74) is 0. The summed E-state index contributed by atoms with van der Waals surface area (Å²) in [7, 11) is 1.78. The van der Waals surface area contributed by atoms with Crippen LogP contribution in [0.5, 0.6) is 0 Å². The third-order valence-corrected chi connectivity index (χ3v) is 2.56. The van der Waals surface area contributed by atoms with Crippen LogP contribution in [0.4, 0.5) is 0 Å². The summed E-state index contributed by atoms with van der Waals surface area (Å²) in [4.78, 5) is 0. The Hall–Kier alpha value is -0.0800. The quantitative estimate of drug-likeness (QED) is 0.661. The number of hydrogen-bond acceptors (Lipinski definition) is 2. The molecule has 0 aliphatic rings. The van der Waals surface area contributed by atoms with Crippen LogP contribution >= 0.6 is 0 Å². The van der Waals surface area contributed by atoms with Gasteiger partial charge in [-0.15, -0.1) is 0 Å². The highest BCUT2D eigenvalue weighted by atomic mass is 16.5. The SMILES string of the molecule is CCNC(CCC(C)OC)C(C)C. The summed E-state index contributed by atoms with van der Waals surface area (Å²) < 4.78 is 5.23. The first-order valence-corrected chi connectivity index (χ1v) is 5.38. The zero-order valence-electron chi connectivity index (χ0n) is 9.76. The molecule has 0 heterocycles. The van der Waals surface area contributed by atoms with Gasteiger partial charge in [0.2, 0.25) is 0 Å². The van der Waals surface area contributed by atoms with Crippen LogP contribution in [0.25, 0.3) is 0 Å². The van der Waals surface area contributed by atoms with Gasteiger partial charge < -0.3 is 10.1 Å². The molecule has 0 aromatic rings. The van der Waals surface area contributed by atoms with E-state index in [4.69, 9.17) is 4.74 Å². The van der Waals surface area contributed by atoms with Gasteiger partial charge in [-0.2, -0.15) is 0 Å². The monoisotopic (exact) mass is 187 g/mol. The van der Waals surface area contributed by atoms with Gasteiger partial charge in [-0.25, -0.2) is 0 Å². The predicted molar refractivity (Wildman–Crippen MR) is 58.0 cm³/mol. The predicted octanol–water partition coefficient (Wildman–Crippen LogP) is 2.44. The van der Waals surface area contributed by atoms with E-state index in [0.29, 0.717) is 18.1 Å². The Labute approximate surface area is 83.1 Å². The Kier molecular flexibility index (Phi) is 7.29. The Morgan fingerprint density at radius 1 is 1.15 bits per heavy atom. The van der Waals surface area contributed by atoms with Gasteiger partial charge in [0.1, 0.15) is 0 Å². The van der Waals surface area contributed by atoms with Crippen LogP contribution in [-0.2, 0) is 4.74 Å². The van der Waals surface area contributed by atoms with E-state index in [1.165, 1.54) is 6.42 Å². The molecule has 80 valence electrons. The summed E-state index contributed by atoms with van der Waals surface area (Å²) >= 11 is 0. The molecule has 0 fully saturated rings. The summed E-state index contributed by atoms with van der Waals surface area (Å²) in [5.74, 6) is 0.712. The molecular formula is C11H25NO. The smallest absolute Gasteiger partial charge is 0.0543 e. The maximum Gasteiger partial charge on any atom is 0.0543 e. The van der Waals surface area contributed by atoms with E-state index >= 15 is 0 Å². The lowest BCUT2D eigenvalue weighted by Crippen LogP contribution is -2.34. The summed E-state index contributed by atoms with van der Waals surface area (Å²) in [6.45, 7) is 9.89. The van der Waals surface area contributed by atoms with Crippen LogP contribution in [0.15, 0.2) is 0 Å². The maximum absolute atomic E-state index is 5.23. The van der Waals surface area contributed by atoms with Crippen molar-refractivity contribution in [2.45, 2.75) is 52.7 Å². The van der Waals surface area contributed by atoms with Gasteiger partial charge in [-0.05, 0) is 32.2 Å². The fraction of sp³-hybridized carbons (Fsp3) is 1.00. The van der Waals surface area contributed by atoms with Crippen LogP contribution in [0.1, 0.15) is 40.5 Å². The minimum Gasteiger partial charge on any atom is -0.382 e. The van der Waals surface area contributed by atoms with Gasteiger partial charge in [0.05, 0.1) is 6.10 Å². The minimum absolute atomic E-state index is 0.389. The number of hydrogen-bond donors (Lipinski definition) is 1. The standard InChI is InChI=1S/C11H25NO/c1-6-12-11(9(2)3)8-7-10(4)13-5/h9-12H,6-8H2,1-5H3. The average molecular weight is 187 g/mol. The molecule has 0 saturated carbocycles. The van der Waals surface area contributed by atoms with E-state index in [2.05, 4.69) is 33.0 Å². The summed E-state index contributed by atoms with van der Waals surface area (Å²) in [5, 5.41) is 3.51. The van der Waals surface area contributed by atoms with Crippen LogP contribution in [-0.4, -0.2) is 25.8 Å². The van der Waals surface area contributed by atoms with E-state index in [0.717, 1.165) is 13.0 Å². The van der Waals surface area contributed by atoms with E-state index < -0.39 is 0 Å². The molecule has 0 amide bonds. The van der Waals surface area contributed by atoms with Gasteiger partial charge in [0, 0.05) is 13.2 Å². The van der Waals surface area contributed by atoms with Gasteiger partial charge in [-0.1, -0.05) is 20.8 Å². The highest BCUT2D eigenvalue weighted by molar-refractivity contribution is 4.70. The molecule has 2 nitrogen and oxygen atoms in total. The van der Waals surface area contributed by atoms with Gasteiger partial charge in [0.15, 0.2) is 0 Å². The van der Waals surface area contributed by atoms with Crippen molar-refractivity contribution in [2.75, 3.05) is 13.7 Å². The molecule has 0 saturated heterocycles. The lowest BCUT2D eigenvalue weighted by Gasteiger charge is -2.22. The Morgan fingerprint density at radius 2 is 1.77 bits per heavy atom. The molecule has 2 heteroatoms. The van der Waals surface area contributed by atoms with E-state index in [-0.39, 0.29) is 0 Å². The highest BCUT2D eigenvalue weighted by Gasteiger charge is 2.12. The molecule has 13 heavy (non-hydrogen) atoms. The molecule has 0 aliphatic heterocycles. The number of rotatable bonds is 7. The normalized spacial score (nSPS) is 16.2. The maximum atomic E-state index is 5.23. The first-order chi connectivity index (χ1) is 6.11. The number of ether oxygens (including phenoxy) is 1. The molecule has 0 radical (unpaired) electrons. The van der Waals surface area contributed by atoms with Crippen molar-refractivity contribution in [1.82, 2.24) is 5.32 Å². The van der Waals surface area contributed by atoms with Gasteiger partial charge in [-0.3, -0.25) is 0 Å². The third kappa shape index (κ3) is 6.05. The third-order valence-electron chi connectivity index (χ3n) is 2.56. The average Bonchev–Trinajstić information content (AvgIpc) is 2.11. The first kappa shape index (κ1) is 12.9. The second kappa shape index (κ2) is 7.34. The van der Waals surface area contributed by atoms with Crippen molar-refractivity contribution < 1.29 is 4.74 Å². The fourth-order valence-electron chi connectivity index (χ4n) is 1.47. The van der Waals surface area contributed by atoms with Crippen LogP contribution < -0.4 is 5.32 Å². The van der Waals surface area contributed by atoms with Crippen LogP contribution in [0.3, 0.4) is 0 Å². The number of methoxy groups -OCH3 is 1. The van der Waals surface area contributed by atoms with Crippen molar-refractivity contribution in [1.29, 1.82) is 0 Å². The van der Waals surface area contributed by atoms with Gasteiger partial charge >= 0.3 is 0 Å². The molecular weight excluding hydrogens is 162 g/mol. The molecule has 2 unspecified atom stereocenters. The Balaban J connectivity index is 3.68. The van der Waals surface area contributed by atoms with Gasteiger partial charge in [0.25, 0.3) is 0 Å².